The topological polar surface area (TPSA) is 123 Å². The maximum absolute atomic E-state index is 12.5. The van der Waals surface area contributed by atoms with Crippen LogP contribution in [0.5, 0.6) is 0 Å². The van der Waals surface area contributed by atoms with Crippen molar-refractivity contribution in [3.05, 3.63) is 51.3 Å². The number of nitrogens with zero attached hydrogens (tertiary/aromatic N) is 1. The molecule has 0 radical (unpaired) electrons. The lowest BCUT2D eigenvalue weighted by Gasteiger charge is -2.15. The lowest BCUT2D eigenvalue weighted by molar-refractivity contribution is -0.116. The number of nitrogen functional groups attached to an aromatic ring is 1. The molecular weight excluding hydrogens is 336 g/mol. The number of nitrogens with two attached hydrogens (primary N) is 1. The largest absolute Gasteiger partial charge is 0.384 e. The second-order valence-electron chi connectivity index (χ2n) is 6.07. The summed E-state index contributed by atoms with van der Waals surface area (Å²) in [5, 5.41) is 4.89. The second kappa shape index (κ2) is 6.47. The number of aromatic nitrogens is 1. The molecule has 0 atom stereocenters. The number of nitrogens with one attached hydrogen (secondary N) is 2. The monoisotopic (exact) mass is 354 g/mol. The molecule has 0 unspecified atom stereocenters. The minimum absolute atomic E-state index is 0.0191. The van der Waals surface area contributed by atoms with Gasteiger partial charge in [-0.25, -0.2) is 0 Å². The number of rotatable bonds is 4. The van der Waals surface area contributed by atoms with E-state index in [1.165, 1.54) is 4.57 Å². The van der Waals surface area contributed by atoms with Crippen molar-refractivity contribution in [2.24, 2.45) is 0 Å². The summed E-state index contributed by atoms with van der Waals surface area (Å²) in [6.45, 7) is 3.68. The van der Waals surface area contributed by atoms with Crippen LogP contribution in [0.25, 0.3) is 5.69 Å². The van der Waals surface area contributed by atoms with Crippen molar-refractivity contribution < 1.29 is 14.4 Å². The molecule has 3 rings (SSSR count). The third-order valence-corrected chi connectivity index (χ3v) is 4.16. The van der Waals surface area contributed by atoms with Gasteiger partial charge in [0.15, 0.2) is 0 Å². The molecular formula is C18H18N4O4. The Balaban J connectivity index is 2.14. The van der Waals surface area contributed by atoms with Crippen LogP contribution in [0, 0.1) is 6.92 Å². The van der Waals surface area contributed by atoms with Crippen molar-refractivity contribution in [3.63, 3.8) is 0 Å². The molecule has 0 bridgehead atoms. The number of hydrogen-bond donors (Lipinski definition) is 3. The fourth-order valence-electron chi connectivity index (χ4n) is 2.91. The van der Waals surface area contributed by atoms with Crippen LogP contribution in [0.1, 0.15) is 46.0 Å². The Morgan fingerprint density at radius 2 is 1.92 bits per heavy atom. The van der Waals surface area contributed by atoms with Crippen LogP contribution in [0.4, 0.5) is 11.5 Å². The first-order valence-corrected chi connectivity index (χ1v) is 8.15. The number of anilines is 2. The molecule has 0 saturated heterocycles. The van der Waals surface area contributed by atoms with Gasteiger partial charge in [0, 0.05) is 18.2 Å². The molecule has 1 aliphatic rings. The standard InChI is InChI=1S/C18H18N4O4/c1-3-4-13(23)20-10-6-5-9(2)12(7-10)22-14(24)8-11-15(16(22)19)18(26)21-17(11)25/h5-8H,3-4,19H2,1-2H3,(H,20,23)(H,21,25,26). The molecule has 0 aliphatic carbocycles. The van der Waals surface area contributed by atoms with E-state index in [2.05, 4.69) is 10.6 Å². The molecule has 2 heterocycles. The zero-order valence-corrected chi connectivity index (χ0v) is 14.4. The van der Waals surface area contributed by atoms with Crippen LogP contribution in [0.15, 0.2) is 29.1 Å². The Morgan fingerprint density at radius 3 is 2.62 bits per heavy atom. The van der Waals surface area contributed by atoms with Gasteiger partial charge in [0.05, 0.1) is 16.8 Å². The Labute approximate surface area is 149 Å². The predicted molar refractivity (Wildman–Crippen MR) is 96.5 cm³/mol. The minimum Gasteiger partial charge on any atom is -0.384 e. The summed E-state index contributed by atoms with van der Waals surface area (Å²) in [6, 6.07) is 6.16. The molecule has 0 fully saturated rings. The fraction of sp³-hybridized carbons (Fsp3) is 0.222. The Kier molecular flexibility index (Phi) is 4.33. The predicted octanol–water partition coefficient (Wildman–Crippen LogP) is 1.35. The van der Waals surface area contributed by atoms with Crippen molar-refractivity contribution in [2.45, 2.75) is 26.7 Å². The Bertz CT molecular complexity index is 1010. The lowest BCUT2D eigenvalue weighted by atomic mass is 10.1. The molecule has 8 heteroatoms. The van der Waals surface area contributed by atoms with Crippen LogP contribution >= 0.6 is 0 Å². The molecule has 2 aromatic rings. The maximum Gasteiger partial charge on any atom is 0.262 e. The average Bonchev–Trinajstić information content (AvgIpc) is 2.84. The molecule has 1 aliphatic heterocycles. The van der Waals surface area contributed by atoms with Crippen LogP contribution in [0.2, 0.25) is 0 Å². The number of imide groups is 1. The Hall–Kier alpha value is -3.42. The molecule has 8 nitrogen and oxygen atoms in total. The van der Waals surface area contributed by atoms with Gasteiger partial charge in [-0.05, 0) is 31.0 Å². The summed E-state index contributed by atoms with van der Waals surface area (Å²) in [5.74, 6) is -1.53. The number of carbonyl (C=O) groups excluding carboxylic acids is 3. The highest BCUT2D eigenvalue weighted by Gasteiger charge is 2.32. The summed E-state index contributed by atoms with van der Waals surface area (Å²) < 4.78 is 1.17. The van der Waals surface area contributed by atoms with Gasteiger partial charge >= 0.3 is 0 Å². The normalized spacial score (nSPS) is 12.7. The van der Waals surface area contributed by atoms with Gasteiger partial charge in [-0.15, -0.1) is 0 Å². The smallest absolute Gasteiger partial charge is 0.262 e. The first-order valence-electron chi connectivity index (χ1n) is 8.15. The lowest BCUT2D eigenvalue weighted by Crippen LogP contribution is -2.25. The van der Waals surface area contributed by atoms with Gasteiger partial charge in [-0.2, -0.15) is 0 Å². The summed E-state index contributed by atoms with van der Waals surface area (Å²) >= 11 is 0. The van der Waals surface area contributed by atoms with Gasteiger partial charge < -0.3 is 11.1 Å². The quantitative estimate of drug-likeness (QED) is 0.715. The van der Waals surface area contributed by atoms with Crippen molar-refractivity contribution in [1.82, 2.24) is 9.88 Å². The highest BCUT2D eigenvalue weighted by Crippen LogP contribution is 2.26. The van der Waals surface area contributed by atoms with Crippen LogP contribution in [-0.4, -0.2) is 22.3 Å². The van der Waals surface area contributed by atoms with E-state index in [1.54, 1.807) is 25.1 Å². The molecule has 4 N–H and O–H groups in total. The van der Waals surface area contributed by atoms with E-state index in [9.17, 15) is 19.2 Å². The van der Waals surface area contributed by atoms with E-state index in [1.807, 2.05) is 6.92 Å². The highest BCUT2D eigenvalue weighted by atomic mass is 16.2. The average molecular weight is 354 g/mol. The van der Waals surface area contributed by atoms with Gasteiger partial charge in [-0.3, -0.25) is 29.1 Å². The summed E-state index contributed by atoms with van der Waals surface area (Å²) in [7, 11) is 0. The Morgan fingerprint density at radius 1 is 1.19 bits per heavy atom. The minimum atomic E-state index is -0.641. The van der Waals surface area contributed by atoms with Crippen molar-refractivity contribution >= 4 is 29.2 Å². The zero-order chi connectivity index (χ0) is 19.0. The molecule has 0 spiro atoms. The first-order chi connectivity index (χ1) is 12.3. The number of aryl methyl sites for hydroxylation is 1. The third kappa shape index (κ3) is 2.85. The number of amides is 3. The van der Waals surface area contributed by atoms with Gasteiger partial charge in [0.2, 0.25) is 5.91 Å². The number of fused-ring (bicyclic) bond motifs is 1. The maximum atomic E-state index is 12.5. The molecule has 3 amide bonds. The number of benzene rings is 1. The van der Waals surface area contributed by atoms with E-state index < -0.39 is 17.4 Å². The molecule has 26 heavy (non-hydrogen) atoms. The van der Waals surface area contributed by atoms with Gasteiger partial charge in [0.1, 0.15) is 5.82 Å². The number of carbonyl (C=O) groups is 3. The van der Waals surface area contributed by atoms with E-state index in [0.717, 1.165) is 11.6 Å². The number of hydrogen-bond acceptors (Lipinski definition) is 5. The van der Waals surface area contributed by atoms with Crippen LogP contribution in [0.3, 0.4) is 0 Å². The van der Waals surface area contributed by atoms with Crippen LogP contribution < -0.4 is 21.9 Å². The molecule has 134 valence electrons. The highest BCUT2D eigenvalue weighted by molar-refractivity contribution is 6.23. The molecule has 1 aromatic carbocycles. The van der Waals surface area contributed by atoms with Crippen LogP contribution in [-0.2, 0) is 4.79 Å². The van der Waals surface area contributed by atoms with Crippen molar-refractivity contribution in [2.75, 3.05) is 11.1 Å². The van der Waals surface area contributed by atoms with E-state index in [0.29, 0.717) is 24.2 Å². The first kappa shape index (κ1) is 17.4. The van der Waals surface area contributed by atoms with Crippen molar-refractivity contribution in [1.29, 1.82) is 0 Å². The van der Waals surface area contributed by atoms with Gasteiger partial charge in [-0.1, -0.05) is 13.0 Å². The van der Waals surface area contributed by atoms with E-state index >= 15 is 0 Å². The SMILES string of the molecule is CCCC(=O)Nc1ccc(C)c(-n2c(N)c3c(cc2=O)C(=O)NC3=O)c1. The third-order valence-electron chi connectivity index (χ3n) is 4.16. The van der Waals surface area contributed by atoms with E-state index in [-0.39, 0.29) is 22.9 Å². The second-order valence-corrected chi connectivity index (χ2v) is 6.07. The fourth-order valence-corrected chi connectivity index (χ4v) is 2.91. The van der Waals surface area contributed by atoms with E-state index in [4.69, 9.17) is 5.73 Å². The summed E-state index contributed by atoms with van der Waals surface area (Å²) in [5.41, 5.74) is 7.12. The van der Waals surface area contributed by atoms with Gasteiger partial charge in [0.25, 0.3) is 17.4 Å². The summed E-state index contributed by atoms with van der Waals surface area (Å²) in [4.78, 5) is 48.1. The summed E-state index contributed by atoms with van der Waals surface area (Å²) in [6.07, 6.45) is 1.09. The zero-order valence-electron chi connectivity index (χ0n) is 14.4. The van der Waals surface area contributed by atoms with Crippen molar-refractivity contribution in [3.8, 4) is 5.69 Å². The molecule has 1 aromatic heterocycles. The number of pyridine rings is 1. The molecule has 0 saturated carbocycles.